The number of fused-ring (bicyclic) bond motifs is 1. The summed E-state index contributed by atoms with van der Waals surface area (Å²) in [7, 11) is 2.03. The van der Waals surface area contributed by atoms with Crippen LogP contribution in [0.1, 0.15) is 52.1 Å². The second-order valence-corrected chi connectivity index (χ2v) is 12.0. The molecule has 6 rings (SSSR count). The topological polar surface area (TPSA) is 121 Å². The van der Waals surface area contributed by atoms with Crippen molar-refractivity contribution in [1.29, 1.82) is 0 Å². The average molecular weight is 554 g/mol. The third-order valence-corrected chi connectivity index (χ3v) is 7.99. The number of amides is 1. The number of aryl methyl sites for hydroxylation is 1. The van der Waals surface area contributed by atoms with E-state index in [1.54, 1.807) is 18.5 Å². The number of anilines is 1. The Hall–Kier alpha value is -4.47. The predicted molar refractivity (Wildman–Crippen MR) is 157 cm³/mol. The van der Waals surface area contributed by atoms with Gasteiger partial charge in [0.15, 0.2) is 0 Å². The molecule has 212 valence electrons. The summed E-state index contributed by atoms with van der Waals surface area (Å²) in [5, 5.41) is 0.836. The third kappa shape index (κ3) is 5.21. The Balaban J connectivity index is 1.31. The number of likely N-dealkylation sites (tertiary alicyclic amines) is 1. The van der Waals surface area contributed by atoms with Crippen LogP contribution < -0.4 is 10.5 Å². The smallest absolute Gasteiger partial charge is 0.410 e. The molecule has 1 aliphatic carbocycles. The zero-order chi connectivity index (χ0) is 28.8. The van der Waals surface area contributed by atoms with Crippen LogP contribution in [0.25, 0.3) is 27.7 Å². The lowest BCUT2D eigenvalue weighted by Gasteiger charge is -2.33. The van der Waals surface area contributed by atoms with E-state index in [1.807, 2.05) is 57.0 Å². The number of nitrogens with zero attached hydrogens (tertiary/aromatic N) is 6. The van der Waals surface area contributed by atoms with Crippen molar-refractivity contribution in [3.05, 3.63) is 60.8 Å². The maximum Gasteiger partial charge on any atom is 0.410 e. The number of ether oxygens (including phenoxy) is 2. The van der Waals surface area contributed by atoms with Gasteiger partial charge in [-0.1, -0.05) is 18.2 Å². The Labute approximate surface area is 239 Å². The molecule has 1 saturated heterocycles. The number of benzene rings is 1. The van der Waals surface area contributed by atoms with Gasteiger partial charge in [0.05, 0.1) is 11.1 Å². The number of carbonyl (C=O) groups is 1. The van der Waals surface area contributed by atoms with Gasteiger partial charge >= 0.3 is 12.1 Å². The Morgan fingerprint density at radius 3 is 2.49 bits per heavy atom. The molecule has 0 bridgehead atoms. The molecule has 1 unspecified atom stereocenters. The van der Waals surface area contributed by atoms with Crippen molar-refractivity contribution in [2.75, 3.05) is 18.8 Å². The van der Waals surface area contributed by atoms with Crippen LogP contribution in [0.5, 0.6) is 11.8 Å². The van der Waals surface area contributed by atoms with Gasteiger partial charge in [-0.2, -0.15) is 0 Å². The first kappa shape index (κ1) is 26.7. The first-order chi connectivity index (χ1) is 19.6. The number of nitrogens with two attached hydrogens (primary N) is 1. The van der Waals surface area contributed by atoms with E-state index in [0.717, 1.165) is 66.6 Å². The number of hydrogen-bond donors (Lipinski definition) is 1. The molecule has 1 aliphatic heterocycles. The number of hydrogen-bond acceptors (Lipinski definition) is 8. The molecule has 1 spiro atoms. The number of rotatable bonds is 4. The van der Waals surface area contributed by atoms with Crippen molar-refractivity contribution in [1.82, 2.24) is 29.4 Å². The minimum Gasteiger partial charge on any atom is -0.444 e. The van der Waals surface area contributed by atoms with Crippen molar-refractivity contribution in [2.24, 2.45) is 12.5 Å². The normalized spacial score (nSPS) is 19.0. The maximum atomic E-state index is 12.7. The van der Waals surface area contributed by atoms with Crippen molar-refractivity contribution < 1.29 is 14.3 Å². The molecule has 41 heavy (non-hydrogen) atoms. The Morgan fingerprint density at radius 1 is 1.05 bits per heavy atom. The van der Waals surface area contributed by atoms with Gasteiger partial charge in [0.1, 0.15) is 29.1 Å². The highest BCUT2D eigenvalue weighted by Gasteiger charge is 2.42. The molecule has 1 atom stereocenters. The SMILES string of the molecule is Cn1c(C2=CCC3(CC2)CCN(C(=O)OC(C)(C)C)C3)c(-c2ccc(Oc3ncccn3)cc2)c2c(N)ncnc21. The van der Waals surface area contributed by atoms with Crippen LogP contribution in [-0.2, 0) is 11.8 Å². The maximum absolute atomic E-state index is 12.7. The lowest BCUT2D eigenvalue weighted by molar-refractivity contribution is 0.0270. The molecule has 1 fully saturated rings. The molecule has 1 amide bonds. The van der Waals surface area contributed by atoms with E-state index in [-0.39, 0.29) is 11.5 Å². The van der Waals surface area contributed by atoms with E-state index >= 15 is 0 Å². The molecule has 0 radical (unpaired) electrons. The highest BCUT2D eigenvalue weighted by Crippen LogP contribution is 2.48. The highest BCUT2D eigenvalue weighted by molar-refractivity contribution is 6.06. The van der Waals surface area contributed by atoms with E-state index < -0.39 is 5.60 Å². The van der Waals surface area contributed by atoms with Gasteiger partial charge in [-0.15, -0.1) is 0 Å². The first-order valence-electron chi connectivity index (χ1n) is 13.9. The lowest BCUT2D eigenvalue weighted by atomic mass is 9.73. The van der Waals surface area contributed by atoms with E-state index in [1.165, 1.54) is 11.9 Å². The van der Waals surface area contributed by atoms with Crippen molar-refractivity contribution in [3.63, 3.8) is 0 Å². The molecule has 0 saturated carbocycles. The fourth-order valence-electron chi connectivity index (χ4n) is 6.01. The molecule has 1 aromatic carbocycles. The predicted octanol–water partition coefficient (Wildman–Crippen LogP) is 5.99. The van der Waals surface area contributed by atoms with Crippen LogP contribution in [0, 0.1) is 5.41 Å². The lowest BCUT2D eigenvalue weighted by Crippen LogP contribution is -2.37. The second kappa shape index (κ2) is 10.2. The molecule has 3 aromatic heterocycles. The molecule has 4 aromatic rings. The summed E-state index contributed by atoms with van der Waals surface area (Å²) in [6.45, 7) is 7.17. The summed E-state index contributed by atoms with van der Waals surface area (Å²) >= 11 is 0. The summed E-state index contributed by atoms with van der Waals surface area (Å²) in [4.78, 5) is 31.8. The van der Waals surface area contributed by atoms with E-state index in [9.17, 15) is 4.79 Å². The minimum absolute atomic E-state index is 0.0719. The van der Waals surface area contributed by atoms with Crippen molar-refractivity contribution in [3.8, 4) is 22.9 Å². The van der Waals surface area contributed by atoms with Gasteiger partial charge in [0.2, 0.25) is 0 Å². The number of nitrogen functional groups attached to an aromatic ring is 1. The highest BCUT2D eigenvalue weighted by atomic mass is 16.6. The van der Waals surface area contributed by atoms with Gasteiger partial charge in [-0.05, 0) is 81.2 Å². The fourth-order valence-corrected chi connectivity index (χ4v) is 6.01. The monoisotopic (exact) mass is 553 g/mol. The summed E-state index contributed by atoms with van der Waals surface area (Å²) in [6.07, 6.45) is 10.7. The average Bonchev–Trinajstić information content (AvgIpc) is 3.49. The third-order valence-electron chi connectivity index (χ3n) is 7.99. The van der Waals surface area contributed by atoms with E-state index in [2.05, 4.69) is 30.6 Å². The van der Waals surface area contributed by atoms with Crippen LogP contribution in [-0.4, -0.2) is 54.2 Å². The van der Waals surface area contributed by atoms with Crippen LogP contribution >= 0.6 is 0 Å². The fraction of sp³-hybridized carbons (Fsp3) is 0.387. The summed E-state index contributed by atoms with van der Waals surface area (Å²) in [6, 6.07) is 9.88. The van der Waals surface area contributed by atoms with Crippen LogP contribution in [0.3, 0.4) is 0 Å². The molecule has 10 heteroatoms. The van der Waals surface area contributed by atoms with Gasteiger partial charge in [-0.3, -0.25) is 0 Å². The van der Waals surface area contributed by atoms with Gasteiger partial charge in [-0.25, -0.2) is 24.7 Å². The summed E-state index contributed by atoms with van der Waals surface area (Å²) in [5.41, 5.74) is 11.1. The van der Waals surface area contributed by atoms with Crippen molar-refractivity contribution in [2.45, 2.75) is 52.1 Å². The molecule has 2 N–H and O–H groups in total. The molecular formula is C31H35N7O3. The Bertz CT molecular complexity index is 1620. The second-order valence-electron chi connectivity index (χ2n) is 12.0. The number of carbonyl (C=O) groups excluding carboxylic acids is 1. The Morgan fingerprint density at radius 2 is 1.80 bits per heavy atom. The zero-order valence-corrected chi connectivity index (χ0v) is 23.9. The standard InChI is InChI=1S/C31H35N7O3/c1-30(2,3)41-29(39)38-17-14-31(18-38)12-10-21(11-13-31)25-23(24-26(32)35-19-36-27(24)37(25)4)20-6-8-22(9-7-20)40-28-33-15-5-16-34-28/h5-10,15-16,19H,11-14,17-18H2,1-4H3,(H2,32,35,36). The van der Waals surface area contributed by atoms with Gasteiger partial charge in [0, 0.05) is 38.1 Å². The molecular weight excluding hydrogens is 518 g/mol. The van der Waals surface area contributed by atoms with E-state index in [4.69, 9.17) is 15.2 Å². The first-order valence-corrected chi connectivity index (χ1v) is 13.9. The quantitative estimate of drug-likeness (QED) is 0.327. The van der Waals surface area contributed by atoms with Gasteiger partial charge in [0.25, 0.3) is 0 Å². The number of allylic oxidation sites excluding steroid dienone is 2. The molecule has 4 heterocycles. The minimum atomic E-state index is -0.498. The van der Waals surface area contributed by atoms with E-state index in [0.29, 0.717) is 17.6 Å². The van der Waals surface area contributed by atoms with Crippen LogP contribution in [0.15, 0.2) is 55.1 Å². The zero-order valence-electron chi connectivity index (χ0n) is 23.9. The number of aromatic nitrogens is 5. The van der Waals surface area contributed by atoms with Gasteiger partial charge < -0.3 is 24.7 Å². The van der Waals surface area contributed by atoms with Crippen LogP contribution in [0.4, 0.5) is 10.6 Å². The van der Waals surface area contributed by atoms with Crippen LogP contribution in [0.2, 0.25) is 0 Å². The summed E-state index contributed by atoms with van der Waals surface area (Å²) in [5.74, 6) is 1.09. The Kier molecular flexibility index (Phi) is 6.63. The largest absolute Gasteiger partial charge is 0.444 e. The van der Waals surface area contributed by atoms with Crippen molar-refractivity contribution >= 4 is 28.5 Å². The summed E-state index contributed by atoms with van der Waals surface area (Å²) < 4.78 is 13.6. The molecule has 10 nitrogen and oxygen atoms in total. The molecule has 2 aliphatic rings.